The predicted octanol–water partition coefficient (Wildman–Crippen LogP) is 2.72. The highest BCUT2D eigenvalue weighted by Gasteiger charge is 2.11. The number of hydrogen-bond acceptors (Lipinski definition) is 9. The molecule has 1 heterocycles. The third-order valence-corrected chi connectivity index (χ3v) is 3.98. The molecule has 2 aromatic carbocycles. The molecule has 4 N–H and O–H groups in total. The smallest absolute Gasteiger partial charge is 0.338 e. The van der Waals surface area contributed by atoms with Gasteiger partial charge in [0.1, 0.15) is 6.42 Å². The van der Waals surface area contributed by atoms with E-state index in [0.29, 0.717) is 5.69 Å². The van der Waals surface area contributed by atoms with Crippen LogP contribution in [-0.4, -0.2) is 26.8 Å². The second-order valence-electron chi connectivity index (χ2n) is 6.46. The first kappa shape index (κ1) is 21.2. The van der Waals surface area contributed by atoms with Gasteiger partial charge in [0, 0.05) is 11.4 Å². The number of nitrogens with one attached hydrogen (secondary N) is 2. The second kappa shape index (κ2) is 9.80. The highest BCUT2D eigenvalue weighted by atomic mass is 16.5. The Morgan fingerprint density at radius 1 is 1.03 bits per heavy atom. The number of anilines is 4. The number of nitrogens with two attached hydrogens (primary N) is 1. The lowest BCUT2D eigenvalue weighted by atomic mass is 10.2. The molecule has 0 spiro atoms. The highest BCUT2D eigenvalue weighted by molar-refractivity contribution is 5.93. The number of nitrogens with zero attached hydrogens (tertiary/aromatic N) is 4. The summed E-state index contributed by atoms with van der Waals surface area (Å²) in [6.45, 7) is 1.78. The number of amides is 1. The Morgan fingerprint density at radius 3 is 2.39 bits per heavy atom. The molecular weight excluding hydrogens is 398 g/mol. The van der Waals surface area contributed by atoms with Gasteiger partial charge in [-0.2, -0.15) is 20.2 Å². The summed E-state index contributed by atoms with van der Waals surface area (Å²) in [5, 5.41) is 14.1. The lowest BCUT2D eigenvalue weighted by Crippen LogP contribution is -2.12. The van der Waals surface area contributed by atoms with Crippen LogP contribution in [0.2, 0.25) is 0 Å². The molecule has 10 nitrogen and oxygen atoms in total. The molecule has 1 aromatic heterocycles. The van der Waals surface area contributed by atoms with E-state index in [1.807, 2.05) is 31.2 Å². The number of nitriles is 1. The van der Waals surface area contributed by atoms with Gasteiger partial charge in [0.25, 0.3) is 0 Å². The van der Waals surface area contributed by atoms with Crippen LogP contribution in [0.25, 0.3) is 0 Å². The van der Waals surface area contributed by atoms with Crippen molar-refractivity contribution in [1.82, 2.24) is 15.0 Å². The van der Waals surface area contributed by atoms with Crippen LogP contribution in [0.1, 0.15) is 28.2 Å². The molecule has 3 aromatic rings. The summed E-state index contributed by atoms with van der Waals surface area (Å²) in [6, 6.07) is 15.5. The maximum Gasteiger partial charge on any atom is 0.338 e. The monoisotopic (exact) mass is 417 g/mol. The van der Waals surface area contributed by atoms with Gasteiger partial charge in [-0.1, -0.05) is 17.7 Å². The Morgan fingerprint density at radius 2 is 1.71 bits per heavy atom. The SMILES string of the molecule is Cc1ccc(Nc2nc(N)nc(COC(=O)c3ccc(NC(=O)CC#N)cc3)n2)cc1. The fraction of sp³-hybridized carbons (Fsp3) is 0.143. The predicted molar refractivity (Wildman–Crippen MR) is 113 cm³/mol. The number of ether oxygens (including phenoxy) is 1. The van der Waals surface area contributed by atoms with Gasteiger partial charge in [0.15, 0.2) is 12.4 Å². The zero-order valence-electron chi connectivity index (χ0n) is 16.6. The number of nitrogen functional groups attached to an aromatic ring is 1. The van der Waals surface area contributed by atoms with Gasteiger partial charge < -0.3 is 21.1 Å². The number of rotatable bonds is 7. The van der Waals surface area contributed by atoms with Crippen molar-refractivity contribution in [3.8, 4) is 6.07 Å². The summed E-state index contributed by atoms with van der Waals surface area (Å²) in [7, 11) is 0. The first-order chi connectivity index (χ1) is 14.9. The Balaban J connectivity index is 1.60. The number of benzene rings is 2. The quantitative estimate of drug-likeness (QED) is 0.492. The van der Waals surface area contributed by atoms with Crippen molar-refractivity contribution in [2.24, 2.45) is 0 Å². The van der Waals surface area contributed by atoms with E-state index in [1.54, 1.807) is 6.07 Å². The summed E-state index contributed by atoms with van der Waals surface area (Å²) in [5.41, 5.74) is 8.37. The molecule has 0 bridgehead atoms. The van der Waals surface area contributed by atoms with Crippen molar-refractivity contribution in [2.45, 2.75) is 20.0 Å². The van der Waals surface area contributed by atoms with Crippen molar-refractivity contribution in [1.29, 1.82) is 5.26 Å². The number of hydrogen-bond donors (Lipinski definition) is 3. The van der Waals surface area contributed by atoms with E-state index in [2.05, 4.69) is 25.6 Å². The van der Waals surface area contributed by atoms with Crippen molar-refractivity contribution in [3.63, 3.8) is 0 Å². The minimum Gasteiger partial charge on any atom is -0.454 e. The van der Waals surface area contributed by atoms with E-state index in [-0.39, 0.29) is 36.3 Å². The number of aryl methyl sites for hydroxylation is 1. The molecule has 156 valence electrons. The third-order valence-electron chi connectivity index (χ3n) is 3.98. The van der Waals surface area contributed by atoms with Crippen molar-refractivity contribution in [3.05, 3.63) is 65.5 Å². The molecule has 0 atom stereocenters. The minimum atomic E-state index is -0.595. The van der Waals surface area contributed by atoms with Crippen LogP contribution in [0, 0.1) is 18.3 Å². The molecular formula is C21H19N7O3. The lowest BCUT2D eigenvalue weighted by Gasteiger charge is -2.09. The maximum atomic E-state index is 12.3. The van der Waals surface area contributed by atoms with Crippen molar-refractivity contribution >= 4 is 35.1 Å². The molecule has 0 unspecified atom stereocenters. The standard InChI is InChI=1S/C21H19N7O3/c1-13-2-6-16(7-3-13)25-21-27-17(26-20(23)28-21)12-31-19(30)14-4-8-15(9-5-14)24-18(29)10-11-22/h2-9H,10,12H2,1H3,(H,24,29)(H3,23,25,26,27,28). The van der Waals surface area contributed by atoms with Gasteiger partial charge in [0.2, 0.25) is 17.8 Å². The maximum absolute atomic E-state index is 12.3. The molecule has 0 radical (unpaired) electrons. The van der Waals surface area contributed by atoms with E-state index in [4.69, 9.17) is 15.7 Å². The average molecular weight is 417 g/mol. The molecule has 0 aliphatic carbocycles. The molecule has 31 heavy (non-hydrogen) atoms. The van der Waals surface area contributed by atoms with Gasteiger partial charge in [-0.05, 0) is 43.3 Å². The number of carbonyl (C=O) groups is 2. The summed E-state index contributed by atoms with van der Waals surface area (Å²) >= 11 is 0. The minimum absolute atomic E-state index is 0.00637. The third kappa shape index (κ3) is 6.23. The Hall–Kier alpha value is -4.52. The van der Waals surface area contributed by atoms with Crippen LogP contribution >= 0.6 is 0 Å². The highest BCUT2D eigenvalue weighted by Crippen LogP contribution is 2.15. The molecule has 0 aliphatic rings. The first-order valence-corrected chi connectivity index (χ1v) is 9.21. The Kier molecular flexibility index (Phi) is 6.70. The number of esters is 1. The van der Waals surface area contributed by atoms with Crippen LogP contribution < -0.4 is 16.4 Å². The van der Waals surface area contributed by atoms with Gasteiger partial charge in [0.05, 0.1) is 11.6 Å². The summed E-state index contributed by atoms with van der Waals surface area (Å²) < 4.78 is 5.24. The number of aromatic nitrogens is 3. The topological polar surface area (TPSA) is 156 Å². The summed E-state index contributed by atoms with van der Waals surface area (Å²) in [5.74, 6) is -0.605. The van der Waals surface area contributed by atoms with Crippen LogP contribution in [0.15, 0.2) is 48.5 Å². The summed E-state index contributed by atoms with van der Waals surface area (Å²) in [4.78, 5) is 35.9. The molecule has 0 saturated heterocycles. The van der Waals surface area contributed by atoms with Crippen LogP contribution in [-0.2, 0) is 16.1 Å². The fourth-order valence-corrected chi connectivity index (χ4v) is 2.50. The van der Waals surface area contributed by atoms with E-state index in [9.17, 15) is 9.59 Å². The van der Waals surface area contributed by atoms with E-state index in [0.717, 1.165) is 11.3 Å². The molecule has 3 rings (SSSR count). The van der Waals surface area contributed by atoms with Gasteiger partial charge in [-0.15, -0.1) is 0 Å². The lowest BCUT2D eigenvalue weighted by molar-refractivity contribution is -0.115. The summed E-state index contributed by atoms with van der Waals surface area (Å²) in [6.07, 6.45) is -0.250. The van der Waals surface area contributed by atoms with Crippen molar-refractivity contribution in [2.75, 3.05) is 16.4 Å². The van der Waals surface area contributed by atoms with E-state index >= 15 is 0 Å². The molecule has 0 saturated carbocycles. The number of carbonyl (C=O) groups excluding carboxylic acids is 2. The zero-order valence-corrected chi connectivity index (χ0v) is 16.6. The van der Waals surface area contributed by atoms with Gasteiger partial charge >= 0.3 is 5.97 Å². The average Bonchev–Trinajstić information content (AvgIpc) is 2.74. The fourth-order valence-electron chi connectivity index (χ4n) is 2.50. The zero-order chi connectivity index (χ0) is 22.2. The first-order valence-electron chi connectivity index (χ1n) is 9.21. The van der Waals surface area contributed by atoms with Crippen LogP contribution in [0.5, 0.6) is 0 Å². The van der Waals surface area contributed by atoms with Crippen molar-refractivity contribution < 1.29 is 14.3 Å². The Labute approximate surface area is 178 Å². The molecule has 10 heteroatoms. The van der Waals surface area contributed by atoms with Gasteiger partial charge in [-0.3, -0.25) is 4.79 Å². The Bertz CT molecular complexity index is 1120. The van der Waals surface area contributed by atoms with E-state index < -0.39 is 11.9 Å². The van der Waals surface area contributed by atoms with Crippen LogP contribution in [0.4, 0.5) is 23.3 Å². The van der Waals surface area contributed by atoms with Gasteiger partial charge in [-0.25, -0.2) is 4.79 Å². The molecule has 1 amide bonds. The largest absolute Gasteiger partial charge is 0.454 e. The van der Waals surface area contributed by atoms with E-state index in [1.165, 1.54) is 24.3 Å². The normalized spacial score (nSPS) is 10.1. The van der Waals surface area contributed by atoms with Crippen LogP contribution in [0.3, 0.4) is 0 Å². The second-order valence-corrected chi connectivity index (χ2v) is 6.46. The molecule has 0 fully saturated rings. The molecule has 0 aliphatic heterocycles.